The number of rotatable bonds is 4. The zero-order chi connectivity index (χ0) is 11.5. The molecule has 0 amide bonds. The fraction of sp³-hybridized carbons (Fsp3) is 0.444. The molecule has 0 radical (unpaired) electrons. The number of hydrogen-bond acceptors (Lipinski definition) is 4. The van der Waals surface area contributed by atoms with Gasteiger partial charge in [-0.25, -0.2) is 12.7 Å². The van der Waals surface area contributed by atoms with Crippen LogP contribution in [0.5, 0.6) is 0 Å². The Morgan fingerprint density at radius 2 is 2.13 bits per heavy atom. The molecule has 0 bridgehead atoms. The molecule has 1 rings (SSSR count). The zero-order valence-corrected chi connectivity index (χ0v) is 9.61. The molecule has 0 saturated heterocycles. The highest BCUT2D eigenvalue weighted by molar-refractivity contribution is 7.89. The minimum absolute atomic E-state index is 0.128. The van der Waals surface area contributed by atoms with Crippen molar-refractivity contribution in [3.63, 3.8) is 0 Å². The Balaban J connectivity index is 2.77. The van der Waals surface area contributed by atoms with E-state index in [1.165, 1.54) is 14.1 Å². The number of sulfonamides is 1. The van der Waals surface area contributed by atoms with Crippen LogP contribution in [-0.4, -0.2) is 37.6 Å². The number of nitrogens with zero attached hydrogens (tertiary/aromatic N) is 2. The Morgan fingerprint density at radius 1 is 1.47 bits per heavy atom. The van der Waals surface area contributed by atoms with Crippen molar-refractivity contribution < 1.29 is 8.42 Å². The fourth-order valence-corrected chi connectivity index (χ4v) is 1.98. The number of hydrogen-bond donors (Lipinski definition) is 1. The van der Waals surface area contributed by atoms with E-state index in [2.05, 4.69) is 4.98 Å². The summed E-state index contributed by atoms with van der Waals surface area (Å²) in [5.41, 5.74) is 6.34. The van der Waals surface area contributed by atoms with Gasteiger partial charge in [0.15, 0.2) is 0 Å². The molecular weight excluding hydrogens is 214 g/mol. The molecule has 1 aromatic heterocycles. The molecule has 0 aliphatic heterocycles. The predicted octanol–water partition coefficient (Wildman–Crippen LogP) is -0.0272. The molecule has 1 unspecified atom stereocenters. The van der Waals surface area contributed by atoms with E-state index in [1.54, 1.807) is 24.4 Å². The maximum atomic E-state index is 11.5. The second-order valence-corrected chi connectivity index (χ2v) is 5.65. The van der Waals surface area contributed by atoms with Gasteiger partial charge in [-0.05, 0) is 12.1 Å². The zero-order valence-electron chi connectivity index (χ0n) is 8.79. The van der Waals surface area contributed by atoms with Gasteiger partial charge >= 0.3 is 0 Å². The van der Waals surface area contributed by atoms with Gasteiger partial charge in [0.2, 0.25) is 10.0 Å². The van der Waals surface area contributed by atoms with E-state index in [4.69, 9.17) is 5.73 Å². The molecule has 1 aromatic rings. The standard InChI is InChI=1S/C9H15N3O2S/c1-12(2)15(13,14)7-8(10)9-5-3-4-6-11-9/h3-6,8H,7,10H2,1-2H3. The van der Waals surface area contributed by atoms with E-state index in [0.717, 1.165) is 4.31 Å². The minimum Gasteiger partial charge on any atom is -0.322 e. The molecule has 5 nitrogen and oxygen atoms in total. The fourth-order valence-electron chi connectivity index (χ4n) is 1.06. The van der Waals surface area contributed by atoms with Crippen LogP contribution in [0.3, 0.4) is 0 Å². The van der Waals surface area contributed by atoms with Crippen LogP contribution in [0.25, 0.3) is 0 Å². The molecule has 0 saturated carbocycles. The Bertz CT molecular complexity index is 403. The lowest BCUT2D eigenvalue weighted by atomic mass is 10.2. The molecule has 0 fully saturated rings. The molecule has 1 heterocycles. The number of aromatic nitrogens is 1. The molecule has 0 aliphatic rings. The van der Waals surface area contributed by atoms with Gasteiger partial charge in [0, 0.05) is 20.3 Å². The largest absolute Gasteiger partial charge is 0.322 e. The van der Waals surface area contributed by atoms with Crippen molar-refractivity contribution in [2.45, 2.75) is 6.04 Å². The molecule has 0 aliphatic carbocycles. The van der Waals surface area contributed by atoms with Crippen molar-refractivity contribution in [3.8, 4) is 0 Å². The van der Waals surface area contributed by atoms with Crippen molar-refractivity contribution in [1.82, 2.24) is 9.29 Å². The van der Waals surface area contributed by atoms with Gasteiger partial charge in [-0.2, -0.15) is 0 Å². The SMILES string of the molecule is CN(C)S(=O)(=O)CC(N)c1ccccn1. The molecule has 0 aromatic carbocycles. The molecule has 2 N–H and O–H groups in total. The highest BCUT2D eigenvalue weighted by Gasteiger charge is 2.20. The van der Waals surface area contributed by atoms with Crippen LogP contribution in [0.15, 0.2) is 24.4 Å². The maximum Gasteiger partial charge on any atom is 0.215 e. The average molecular weight is 229 g/mol. The van der Waals surface area contributed by atoms with E-state index in [0.29, 0.717) is 5.69 Å². The van der Waals surface area contributed by atoms with Crippen molar-refractivity contribution in [2.75, 3.05) is 19.8 Å². The normalized spacial score (nSPS) is 14.1. The Kier molecular flexibility index (Phi) is 3.78. The summed E-state index contributed by atoms with van der Waals surface area (Å²) >= 11 is 0. The molecule has 1 atom stereocenters. The third-order valence-electron chi connectivity index (χ3n) is 2.01. The third kappa shape index (κ3) is 3.26. The predicted molar refractivity (Wildman–Crippen MR) is 58.6 cm³/mol. The lowest BCUT2D eigenvalue weighted by Crippen LogP contribution is -2.31. The van der Waals surface area contributed by atoms with Crippen molar-refractivity contribution in [1.29, 1.82) is 0 Å². The highest BCUT2D eigenvalue weighted by Crippen LogP contribution is 2.10. The molecule has 6 heteroatoms. The smallest absolute Gasteiger partial charge is 0.215 e. The van der Waals surface area contributed by atoms with E-state index < -0.39 is 16.1 Å². The highest BCUT2D eigenvalue weighted by atomic mass is 32.2. The lowest BCUT2D eigenvalue weighted by molar-refractivity contribution is 0.514. The summed E-state index contributed by atoms with van der Waals surface area (Å²) in [6.45, 7) is 0. The van der Waals surface area contributed by atoms with Gasteiger partial charge in [-0.15, -0.1) is 0 Å². The Hall–Kier alpha value is -0.980. The summed E-state index contributed by atoms with van der Waals surface area (Å²) in [6, 6.07) is 4.68. The maximum absolute atomic E-state index is 11.5. The molecule has 0 spiro atoms. The van der Waals surface area contributed by atoms with E-state index in [9.17, 15) is 8.42 Å². The van der Waals surface area contributed by atoms with Crippen LogP contribution in [-0.2, 0) is 10.0 Å². The Morgan fingerprint density at radius 3 is 2.60 bits per heavy atom. The van der Waals surface area contributed by atoms with Gasteiger partial charge in [0.1, 0.15) is 0 Å². The second kappa shape index (κ2) is 4.69. The van der Waals surface area contributed by atoms with Crippen LogP contribution >= 0.6 is 0 Å². The molecule has 84 valence electrons. The van der Waals surface area contributed by atoms with Gasteiger partial charge < -0.3 is 5.73 Å². The average Bonchev–Trinajstić information content (AvgIpc) is 2.18. The summed E-state index contributed by atoms with van der Waals surface area (Å²) in [4.78, 5) is 4.01. The second-order valence-electron chi connectivity index (χ2n) is 3.42. The Labute approximate surface area is 90.0 Å². The van der Waals surface area contributed by atoms with Crippen molar-refractivity contribution >= 4 is 10.0 Å². The van der Waals surface area contributed by atoms with Crippen molar-refractivity contribution in [3.05, 3.63) is 30.1 Å². The monoisotopic (exact) mass is 229 g/mol. The first-order valence-electron chi connectivity index (χ1n) is 4.50. The third-order valence-corrected chi connectivity index (χ3v) is 3.91. The van der Waals surface area contributed by atoms with Crippen LogP contribution in [0, 0.1) is 0 Å². The summed E-state index contributed by atoms with van der Waals surface area (Å²) in [6.07, 6.45) is 1.59. The first kappa shape index (κ1) is 12.1. The topological polar surface area (TPSA) is 76.3 Å². The van der Waals surface area contributed by atoms with Crippen LogP contribution < -0.4 is 5.73 Å². The van der Waals surface area contributed by atoms with Crippen LogP contribution in [0.1, 0.15) is 11.7 Å². The van der Waals surface area contributed by atoms with Crippen molar-refractivity contribution in [2.24, 2.45) is 5.73 Å². The summed E-state index contributed by atoms with van der Waals surface area (Å²) in [5, 5.41) is 0. The molecule has 15 heavy (non-hydrogen) atoms. The summed E-state index contributed by atoms with van der Waals surface area (Å²) < 4.78 is 24.2. The van der Waals surface area contributed by atoms with E-state index in [-0.39, 0.29) is 5.75 Å². The van der Waals surface area contributed by atoms with Gasteiger partial charge in [0.25, 0.3) is 0 Å². The van der Waals surface area contributed by atoms with Gasteiger partial charge in [-0.1, -0.05) is 6.07 Å². The number of nitrogens with two attached hydrogens (primary N) is 1. The first-order chi connectivity index (χ1) is 6.93. The van der Waals surface area contributed by atoms with E-state index >= 15 is 0 Å². The number of pyridine rings is 1. The van der Waals surface area contributed by atoms with Gasteiger partial charge in [0.05, 0.1) is 17.5 Å². The molecular formula is C9H15N3O2S. The van der Waals surface area contributed by atoms with Crippen LogP contribution in [0.4, 0.5) is 0 Å². The summed E-state index contributed by atoms with van der Waals surface area (Å²) in [7, 11) is -0.304. The summed E-state index contributed by atoms with van der Waals surface area (Å²) in [5.74, 6) is -0.128. The lowest BCUT2D eigenvalue weighted by Gasteiger charge is -2.15. The first-order valence-corrected chi connectivity index (χ1v) is 6.11. The van der Waals surface area contributed by atoms with E-state index in [1.807, 2.05) is 0 Å². The van der Waals surface area contributed by atoms with Crippen LogP contribution in [0.2, 0.25) is 0 Å². The quantitative estimate of drug-likeness (QED) is 0.786. The van der Waals surface area contributed by atoms with Gasteiger partial charge in [-0.3, -0.25) is 4.98 Å². The minimum atomic E-state index is -3.28.